The molecule has 1 aliphatic rings. The molecule has 2 rings (SSSR count). The van der Waals surface area contributed by atoms with Gasteiger partial charge >= 0.3 is 0 Å². The first-order chi connectivity index (χ1) is 12.3. The van der Waals surface area contributed by atoms with E-state index in [1.165, 1.54) is 17.7 Å². The number of hydrogen-bond donors (Lipinski definition) is 1. The van der Waals surface area contributed by atoms with Gasteiger partial charge in [0.05, 0.1) is 6.61 Å². The summed E-state index contributed by atoms with van der Waals surface area (Å²) in [6.45, 7) is 7.10. The molecule has 0 spiro atoms. The fraction of sp³-hybridized carbons (Fsp3) is 0.650. The minimum Gasteiger partial charge on any atom is -0.381 e. The molecule has 0 aromatic heterocycles. The number of benzene rings is 1. The minimum absolute atomic E-state index is 0.741. The largest absolute Gasteiger partial charge is 0.381 e. The fourth-order valence-electron chi connectivity index (χ4n) is 2.96. The molecule has 4 nitrogen and oxygen atoms in total. The number of thioether (sulfide) groups is 1. The Hall–Kier alpha value is -1.20. The third kappa shape index (κ3) is 7.70. The molecule has 1 aromatic rings. The second-order valence-electron chi connectivity index (χ2n) is 6.38. The highest BCUT2D eigenvalue weighted by Crippen LogP contribution is 2.20. The predicted molar refractivity (Wildman–Crippen MR) is 110 cm³/mol. The van der Waals surface area contributed by atoms with Crippen molar-refractivity contribution >= 4 is 17.7 Å². The second kappa shape index (κ2) is 12.2. The molecule has 1 fully saturated rings. The van der Waals surface area contributed by atoms with Gasteiger partial charge in [-0.1, -0.05) is 37.3 Å². The van der Waals surface area contributed by atoms with Crippen molar-refractivity contribution < 1.29 is 4.74 Å². The summed E-state index contributed by atoms with van der Waals surface area (Å²) >= 11 is 2.09. The third-order valence-electron chi connectivity index (χ3n) is 4.48. The van der Waals surface area contributed by atoms with Crippen molar-refractivity contribution in [3.05, 3.63) is 35.9 Å². The normalized spacial score (nSPS) is 18.4. The van der Waals surface area contributed by atoms with Crippen molar-refractivity contribution in [3.8, 4) is 0 Å². The van der Waals surface area contributed by atoms with Crippen molar-refractivity contribution in [1.29, 1.82) is 0 Å². The minimum atomic E-state index is 0.741. The standard InChI is InChI=1S/C20H33N3OS/c1-3-19-17-23(13-16-25-19)20(21-2)22-12-7-8-14-24-15-11-18-9-5-4-6-10-18/h4-6,9-10,19H,3,7-8,11-17H2,1-2H3,(H,21,22). The van der Waals surface area contributed by atoms with Gasteiger partial charge in [0.25, 0.3) is 0 Å². The van der Waals surface area contributed by atoms with Gasteiger partial charge in [-0.3, -0.25) is 4.99 Å². The van der Waals surface area contributed by atoms with Gasteiger partial charge in [-0.05, 0) is 31.2 Å². The smallest absolute Gasteiger partial charge is 0.193 e. The summed E-state index contributed by atoms with van der Waals surface area (Å²) in [5.41, 5.74) is 1.35. The Bertz CT molecular complexity index is 495. The summed E-state index contributed by atoms with van der Waals surface area (Å²) in [5.74, 6) is 2.26. The van der Waals surface area contributed by atoms with Crippen molar-refractivity contribution in [2.45, 2.75) is 37.9 Å². The van der Waals surface area contributed by atoms with Crippen LogP contribution in [0.1, 0.15) is 31.7 Å². The Morgan fingerprint density at radius 2 is 2.12 bits per heavy atom. The quantitative estimate of drug-likeness (QED) is 0.414. The molecule has 25 heavy (non-hydrogen) atoms. The highest BCUT2D eigenvalue weighted by atomic mass is 32.2. The maximum absolute atomic E-state index is 5.74. The topological polar surface area (TPSA) is 36.9 Å². The summed E-state index contributed by atoms with van der Waals surface area (Å²) in [7, 11) is 1.89. The van der Waals surface area contributed by atoms with E-state index < -0.39 is 0 Å². The Labute approximate surface area is 157 Å². The molecule has 1 aromatic carbocycles. The van der Waals surface area contributed by atoms with Crippen LogP contribution in [0.15, 0.2) is 35.3 Å². The van der Waals surface area contributed by atoms with Crippen molar-refractivity contribution in [1.82, 2.24) is 10.2 Å². The van der Waals surface area contributed by atoms with Crippen LogP contribution in [0.3, 0.4) is 0 Å². The van der Waals surface area contributed by atoms with E-state index in [9.17, 15) is 0 Å². The van der Waals surface area contributed by atoms with Crippen LogP contribution in [0, 0.1) is 0 Å². The van der Waals surface area contributed by atoms with Crippen molar-refractivity contribution in [3.63, 3.8) is 0 Å². The van der Waals surface area contributed by atoms with E-state index >= 15 is 0 Å². The van der Waals surface area contributed by atoms with Gasteiger partial charge in [-0.15, -0.1) is 0 Å². The van der Waals surface area contributed by atoms with E-state index in [0.717, 1.165) is 63.3 Å². The Morgan fingerprint density at radius 3 is 2.88 bits per heavy atom. The van der Waals surface area contributed by atoms with Crippen molar-refractivity contribution in [2.24, 2.45) is 4.99 Å². The molecule has 1 atom stereocenters. The molecule has 0 bridgehead atoms. The average Bonchev–Trinajstić information content (AvgIpc) is 2.67. The lowest BCUT2D eigenvalue weighted by Crippen LogP contribution is -2.48. The summed E-state index contributed by atoms with van der Waals surface area (Å²) < 4.78 is 5.74. The molecule has 140 valence electrons. The van der Waals surface area contributed by atoms with E-state index in [1.807, 2.05) is 7.05 Å². The summed E-state index contributed by atoms with van der Waals surface area (Å²) in [6.07, 6.45) is 4.44. The number of hydrogen-bond acceptors (Lipinski definition) is 3. The first-order valence-corrected chi connectivity index (χ1v) is 10.6. The molecule has 0 aliphatic carbocycles. The van der Waals surface area contributed by atoms with Gasteiger partial charge in [0.2, 0.25) is 0 Å². The summed E-state index contributed by atoms with van der Waals surface area (Å²) in [5, 5.41) is 4.25. The molecule has 0 radical (unpaired) electrons. The molecular formula is C20H33N3OS. The molecule has 5 heteroatoms. The fourth-order valence-corrected chi connectivity index (χ4v) is 4.14. The van der Waals surface area contributed by atoms with Crippen LogP contribution < -0.4 is 5.32 Å². The highest BCUT2D eigenvalue weighted by molar-refractivity contribution is 8.00. The van der Waals surface area contributed by atoms with Gasteiger partial charge in [-0.2, -0.15) is 11.8 Å². The maximum Gasteiger partial charge on any atom is 0.193 e. The SMILES string of the molecule is CCC1CN(C(=NC)NCCCCOCCc2ccccc2)CCS1. The molecule has 0 amide bonds. The van der Waals surface area contributed by atoms with Crippen molar-refractivity contribution in [2.75, 3.05) is 45.6 Å². The lowest BCUT2D eigenvalue weighted by molar-refractivity contribution is 0.133. The summed E-state index contributed by atoms with van der Waals surface area (Å²) in [6, 6.07) is 10.5. The maximum atomic E-state index is 5.74. The average molecular weight is 364 g/mol. The van der Waals surface area contributed by atoms with E-state index in [-0.39, 0.29) is 0 Å². The predicted octanol–water partition coefficient (Wildman–Crippen LogP) is 3.43. The van der Waals surface area contributed by atoms with Gasteiger partial charge < -0.3 is 15.0 Å². The first-order valence-electron chi connectivity index (χ1n) is 9.52. The molecule has 1 unspecified atom stereocenters. The van der Waals surface area contributed by atoms with Gasteiger partial charge in [0, 0.05) is 44.3 Å². The molecular weight excluding hydrogens is 330 g/mol. The first kappa shape index (κ1) is 20.1. The van der Waals surface area contributed by atoms with Crippen LogP contribution in [0.2, 0.25) is 0 Å². The molecule has 1 heterocycles. The van der Waals surface area contributed by atoms with Gasteiger partial charge in [0.1, 0.15) is 0 Å². The molecule has 1 N–H and O–H groups in total. The number of guanidine groups is 1. The zero-order valence-corrected chi connectivity index (χ0v) is 16.6. The lowest BCUT2D eigenvalue weighted by Gasteiger charge is -2.34. The Morgan fingerprint density at radius 1 is 1.28 bits per heavy atom. The summed E-state index contributed by atoms with van der Waals surface area (Å²) in [4.78, 5) is 6.86. The number of nitrogens with zero attached hydrogens (tertiary/aromatic N) is 2. The van der Waals surface area contributed by atoms with E-state index in [4.69, 9.17) is 4.74 Å². The Kier molecular flexibility index (Phi) is 9.82. The molecule has 1 saturated heterocycles. The van der Waals surface area contributed by atoms with Crippen LogP contribution >= 0.6 is 11.8 Å². The Balaban J connectivity index is 1.51. The monoisotopic (exact) mass is 363 g/mol. The zero-order valence-electron chi connectivity index (χ0n) is 15.7. The van der Waals surface area contributed by atoms with Crippen LogP contribution in [0.25, 0.3) is 0 Å². The number of rotatable bonds is 9. The second-order valence-corrected chi connectivity index (χ2v) is 7.78. The van der Waals surface area contributed by atoms with Gasteiger partial charge in [-0.25, -0.2) is 0 Å². The van der Waals surface area contributed by atoms with Crippen LogP contribution in [0.4, 0.5) is 0 Å². The highest BCUT2D eigenvalue weighted by Gasteiger charge is 2.21. The van der Waals surface area contributed by atoms with E-state index in [1.54, 1.807) is 0 Å². The van der Waals surface area contributed by atoms with Crippen LogP contribution in [0.5, 0.6) is 0 Å². The zero-order chi connectivity index (χ0) is 17.7. The number of nitrogens with one attached hydrogen (secondary N) is 1. The van der Waals surface area contributed by atoms with Gasteiger partial charge in [0.15, 0.2) is 5.96 Å². The molecule has 0 saturated carbocycles. The number of unbranched alkanes of at least 4 members (excludes halogenated alkanes) is 1. The number of ether oxygens (including phenoxy) is 1. The van der Waals surface area contributed by atoms with Crippen LogP contribution in [-0.2, 0) is 11.2 Å². The third-order valence-corrected chi connectivity index (χ3v) is 5.85. The number of aliphatic imine (C=N–C) groups is 1. The van der Waals surface area contributed by atoms with E-state index in [2.05, 4.69) is 64.2 Å². The lowest BCUT2D eigenvalue weighted by atomic mass is 10.2. The van der Waals surface area contributed by atoms with E-state index in [0.29, 0.717) is 0 Å². The van der Waals surface area contributed by atoms with Crippen LogP contribution in [-0.4, -0.2) is 61.8 Å². The molecule has 1 aliphatic heterocycles.